The summed E-state index contributed by atoms with van der Waals surface area (Å²) in [4.78, 5) is 22.1. The van der Waals surface area contributed by atoms with Crippen LogP contribution in [-0.4, -0.2) is 38.6 Å². The van der Waals surface area contributed by atoms with Crippen LogP contribution in [0.2, 0.25) is 0 Å². The number of nitrogens with one attached hydrogen (secondary N) is 1. The predicted octanol–water partition coefficient (Wildman–Crippen LogP) is 0.680. The van der Waals surface area contributed by atoms with E-state index in [1.807, 2.05) is 0 Å². The topological polar surface area (TPSA) is 110 Å². The van der Waals surface area contributed by atoms with Gasteiger partial charge in [-0.2, -0.15) is 4.72 Å². The molecule has 116 valence electrons. The molecule has 0 unspecified atom stereocenters. The molecule has 7 nitrogen and oxygen atoms in total. The summed E-state index contributed by atoms with van der Waals surface area (Å²) in [5.41, 5.74) is 0.884. The average Bonchev–Trinajstić information content (AvgIpc) is 2.43. The van der Waals surface area contributed by atoms with Gasteiger partial charge in [0.25, 0.3) is 0 Å². The summed E-state index contributed by atoms with van der Waals surface area (Å²) in [5, 5.41) is 9.03. The van der Waals surface area contributed by atoms with Crippen LogP contribution >= 0.6 is 0 Å². The lowest BCUT2D eigenvalue weighted by Gasteiger charge is -2.14. The second kappa shape index (κ2) is 7.19. The minimum absolute atomic E-state index is 0.0302. The molecule has 2 N–H and O–H groups in total. The number of sulfonamides is 1. The first-order valence-corrected chi connectivity index (χ1v) is 7.63. The van der Waals surface area contributed by atoms with Crippen LogP contribution in [0.25, 0.3) is 0 Å². The van der Waals surface area contributed by atoms with E-state index in [0.29, 0.717) is 0 Å². The van der Waals surface area contributed by atoms with Gasteiger partial charge in [-0.05, 0) is 25.5 Å². The number of carboxylic acids is 1. The van der Waals surface area contributed by atoms with Gasteiger partial charge in [0, 0.05) is 6.42 Å². The van der Waals surface area contributed by atoms with Gasteiger partial charge in [0.15, 0.2) is 0 Å². The normalized spacial score (nSPS) is 12.7. The second-order valence-corrected chi connectivity index (χ2v) is 6.15. The fraction of sp³-hybridized carbons (Fsp3) is 0.385. The van der Waals surface area contributed by atoms with E-state index in [9.17, 15) is 18.0 Å². The van der Waals surface area contributed by atoms with Gasteiger partial charge in [0.1, 0.15) is 6.04 Å². The van der Waals surface area contributed by atoms with Gasteiger partial charge in [-0.25, -0.2) is 8.42 Å². The highest BCUT2D eigenvalue weighted by molar-refractivity contribution is 7.89. The van der Waals surface area contributed by atoms with Gasteiger partial charge in [-0.1, -0.05) is 17.7 Å². The largest absolute Gasteiger partial charge is 0.480 e. The van der Waals surface area contributed by atoms with Crippen molar-refractivity contribution in [1.82, 2.24) is 4.72 Å². The summed E-state index contributed by atoms with van der Waals surface area (Å²) >= 11 is 0. The zero-order valence-corrected chi connectivity index (χ0v) is 12.5. The lowest BCUT2D eigenvalue weighted by atomic mass is 10.2. The van der Waals surface area contributed by atoms with Crippen LogP contribution in [0.4, 0.5) is 0 Å². The van der Waals surface area contributed by atoms with Crippen molar-refractivity contribution in [3.8, 4) is 0 Å². The Morgan fingerprint density at radius 3 is 2.33 bits per heavy atom. The molecule has 0 saturated heterocycles. The first-order valence-electron chi connectivity index (χ1n) is 6.15. The third-order valence-electron chi connectivity index (χ3n) is 2.79. The van der Waals surface area contributed by atoms with Crippen molar-refractivity contribution in [2.45, 2.75) is 30.7 Å². The number of benzene rings is 1. The molecule has 0 saturated carbocycles. The van der Waals surface area contributed by atoms with Crippen molar-refractivity contribution in [2.75, 3.05) is 7.11 Å². The summed E-state index contributed by atoms with van der Waals surface area (Å²) in [6.07, 6.45) is -0.378. The summed E-state index contributed by atoms with van der Waals surface area (Å²) in [6, 6.07) is 4.60. The third-order valence-corrected chi connectivity index (χ3v) is 4.28. The van der Waals surface area contributed by atoms with E-state index < -0.39 is 28.0 Å². The molecule has 1 atom stereocenters. The number of aryl methyl sites for hydroxylation is 1. The quantitative estimate of drug-likeness (QED) is 0.716. The van der Waals surface area contributed by atoms with Crippen molar-refractivity contribution >= 4 is 22.0 Å². The van der Waals surface area contributed by atoms with Crippen LogP contribution in [0.5, 0.6) is 0 Å². The maximum Gasteiger partial charge on any atom is 0.321 e. The highest BCUT2D eigenvalue weighted by Gasteiger charge is 2.26. The van der Waals surface area contributed by atoms with E-state index in [1.165, 1.54) is 19.2 Å². The average molecular weight is 315 g/mol. The zero-order valence-electron chi connectivity index (χ0n) is 11.7. The Labute approximate surface area is 123 Å². The number of carboxylic acid groups (broad SMARTS) is 1. The maximum atomic E-state index is 12.1. The highest BCUT2D eigenvalue weighted by atomic mass is 32.2. The van der Waals surface area contributed by atoms with Crippen molar-refractivity contribution in [3.63, 3.8) is 0 Å². The summed E-state index contributed by atoms with van der Waals surface area (Å²) in [5.74, 6) is -1.95. The van der Waals surface area contributed by atoms with Gasteiger partial charge in [-0.3, -0.25) is 9.59 Å². The third kappa shape index (κ3) is 5.16. The van der Waals surface area contributed by atoms with Crippen LogP contribution in [0.15, 0.2) is 29.2 Å². The van der Waals surface area contributed by atoms with E-state index in [1.54, 1.807) is 19.1 Å². The van der Waals surface area contributed by atoms with Crippen LogP contribution in [0.1, 0.15) is 18.4 Å². The van der Waals surface area contributed by atoms with E-state index in [2.05, 4.69) is 9.46 Å². The van der Waals surface area contributed by atoms with Crippen molar-refractivity contribution in [2.24, 2.45) is 0 Å². The van der Waals surface area contributed by atoms with Crippen LogP contribution in [0.3, 0.4) is 0 Å². The number of ether oxygens (including phenoxy) is 1. The molecule has 1 aromatic rings. The monoisotopic (exact) mass is 315 g/mol. The van der Waals surface area contributed by atoms with Crippen LogP contribution < -0.4 is 4.72 Å². The van der Waals surface area contributed by atoms with Gasteiger partial charge >= 0.3 is 11.9 Å². The molecule has 0 aromatic heterocycles. The minimum Gasteiger partial charge on any atom is -0.480 e. The summed E-state index contributed by atoms with van der Waals surface area (Å²) in [6.45, 7) is 1.81. The van der Waals surface area contributed by atoms with Gasteiger partial charge < -0.3 is 9.84 Å². The first kappa shape index (κ1) is 17.1. The molecule has 1 rings (SSSR count). The summed E-state index contributed by atoms with van der Waals surface area (Å²) in [7, 11) is -2.78. The lowest BCUT2D eigenvalue weighted by molar-refractivity contribution is -0.142. The number of methoxy groups -OCH3 is 1. The smallest absolute Gasteiger partial charge is 0.321 e. The molecule has 0 aliphatic rings. The van der Waals surface area contributed by atoms with Gasteiger partial charge in [0.05, 0.1) is 12.0 Å². The molecular formula is C13H17NO6S. The molecule has 1 aromatic carbocycles. The number of hydrogen-bond donors (Lipinski definition) is 2. The number of carbonyl (C=O) groups is 2. The first-order chi connectivity index (χ1) is 9.76. The Morgan fingerprint density at radius 2 is 1.86 bits per heavy atom. The Balaban J connectivity index is 2.84. The standard InChI is InChI=1S/C13H17NO6S/c1-9-3-5-10(6-4-9)21(18,19)14-11(13(16)17)7-8-12(15)20-2/h3-6,11,14H,7-8H2,1-2H3,(H,16,17)/t11-/m0/s1. The molecule has 0 spiro atoms. The molecule has 0 heterocycles. The van der Waals surface area contributed by atoms with E-state index >= 15 is 0 Å². The highest BCUT2D eigenvalue weighted by Crippen LogP contribution is 2.12. The van der Waals surface area contributed by atoms with Gasteiger partial charge in [0.2, 0.25) is 10.0 Å². The Bertz CT molecular complexity index is 608. The fourth-order valence-electron chi connectivity index (χ4n) is 1.57. The zero-order chi connectivity index (χ0) is 16.0. The number of hydrogen-bond acceptors (Lipinski definition) is 5. The molecule has 0 aliphatic carbocycles. The molecular weight excluding hydrogens is 298 g/mol. The predicted molar refractivity (Wildman–Crippen MR) is 74.2 cm³/mol. The molecule has 0 radical (unpaired) electrons. The minimum atomic E-state index is -3.96. The SMILES string of the molecule is COC(=O)CC[C@H](NS(=O)(=O)c1ccc(C)cc1)C(=O)O. The molecule has 0 fully saturated rings. The molecule has 0 bridgehead atoms. The van der Waals surface area contributed by atoms with E-state index in [-0.39, 0.29) is 17.7 Å². The molecule has 0 amide bonds. The lowest BCUT2D eigenvalue weighted by Crippen LogP contribution is -2.41. The van der Waals surface area contributed by atoms with Crippen molar-refractivity contribution < 1.29 is 27.9 Å². The fourth-order valence-corrected chi connectivity index (χ4v) is 2.79. The Morgan fingerprint density at radius 1 is 1.29 bits per heavy atom. The second-order valence-electron chi connectivity index (χ2n) is 4.44. The molecule has 0 aliphatic heterocycles. The van der Waals surface area contributed by atoms with Crippen LogP contribution in [-0.2, 0) is 24.3 Å². The van der Waals surface area contributed by atoms with Gasteiger partial charge in [-0.15, -0.1) is 0 Å². The maximum absolute atomic E-state index is 12.1. The van der Waals surface area contributed by atoms with Crippen molar-refractivity contribution in [3.05, 3.63) is 29.8 Å². The number of esters is 1. The Hall–Kier alpha value is -1.93. The number of aliphatic carboxylic acids is 1. The van der Waals surface area contributed by atoms with E-state index in [4.69, 9.17) is 5.11 Å². The number of carbonyl (C=O) groups excluding carboxylic acids is 1. The molecule has 8 heteroatoms. The van der Waals surface area contributed by atoms with E-state index in [0.717, 1.165) is 5.56 Å². The molecule has 21 heavy (non-hydrogen) atoms. The summed E-state index contributed by atoms with van der Waals surface area (Å²) < 4.78 is 30.6. The Kier molecular flexibility index (Phi) is 5.86. The van der Waals surface area contributed by atoms with Crippen LogP contribution in [0, 0.1) is 6.92 Å². The number of rotatable bonds is 7. The van der Waals surface area contributed by atoms with Crippen molar-refractivity contribution in [1.29, 1.82) is 0 Å².